The molecule has 9 nitrogen and oxygen atoms in total. The Hall–Kier alpha value is -4.31. The molecule has 0 spiro atoms. The molecule has 3 aromatic carbocycles. The quantitative estimate of drug-likeness (QED) is 0.301. The molecule has 10 heteroatoms. The van der Waals surface area contributed by atoms with E-state index >= 15 is 0 Å². The van der Waals surface area contributed by atoms with Crippen LogP contribution < -0.4 is 20.1 Å². The Balaban J connectivity index is 1.38. The second-order valence-corrected chi connectivity index (χ2v) is 8.46. The lowest BCUT2D eigenvalue weighted by Gasteiger charge is -2.11. The van der Waals surface area contributed by atoms with Gasteiger partial charge in [0, 0.05) is 11.4 Å². The number of hydrogen-bond acceptors (Lipinski definition) is 7. The molecule has 4 rings (SSSR count). The average molecular weight is 504 g/mol. The molecule has 0 unspecified atom stereocenters. The van der Waals surface area contributed by atoms with Crippen LogP contribution >= 0.6 is 11.8 Å². The largest absolute Gasteiger partial charge is 0.497 e. The lowest BCUT2D eigenvalue weighted by atomic mass is 10.3. The lowest BCUT2D eigenvalue weighted by Crippen LogP contribution is -2.29. The van der Waals surface area contributed by atoms with Crippen molar-refractivity contribution >= 4 is 29.3 Å². The second kappa shape index (κ2) is 12.4. The van der Waals surface area contributed by atoms with Crippen LogP contribution in [0.4, 0.5) is 5.69 Å². The molecule has 2 amide bonds. The summed E-state index contributed by atoms with van der Waals surface area (Å²) in [7, 11) is 1.59. The van der Waals surface area contributed by atoms with E-state index in [9.17, 15) is 9.59 Å². The van der Waals surface area contributed by atoms with Crippen molar-refractivity contribution < 1.29 is 19.1 Å². The highest BCUT2D eigenvalue weighted by Crippen LogP contribution is 2.23. The molecule has 0 bridgehead atoms. The molecular formula is C26H25N5O4S. The molecule has 1 heterocycles. The Kier molecular flexibility index (Phi) is 8.55. The number of amides is 2. The number of rotatable bonds is 11. The fourth-order valence-corrected chi connectivity index (χ4v) is 4.01. The molecule has 0 radical (unpaired) electrons. The zero-order valence-corrected chi connectivity index (χ0v) is 20.4. The maximum atomic E-state index is 12.5. The standard InChI is InChI=1S/C26H25N5O4S/c1-34-21-14-12-19(13-15-21)28-25(33)18-36-26-30-29-23(31(26)20-8-4-2-5-9-20)16-27-24(32)17-35-22-10-6-3-7-11-22/h2-15H,16-18H2,1H3,(H,27,32)(H,28,33). The van der Waals surface area contributed by atoms with Gasteiger partial charge in [0.1, 0.15) is 11.5 Å². The number of aromatic nitrogens is 3. The first-order valence-electron chi connectivity index (χ1n) is 11.1. The maximum absolute atomic E-state index is 12.5. The molecule has 4 aromatic rings. The van der Waals surface area contributed by atoms with Crippen molar-refractivity contribution in [1.29, 1.82) is 0 Å². The molecule has 36 heavy (non-hydrogen) atoms. The molecule has 2 N–H and O–H groups in total. The number of para-hydroxylation sites is 2. The molecule has 0 aliphatic heterocycles. The van der Waals surface area contributed by atoms with E-state index < -0.39 is 0 Å². The van der Waals surface area contributed by atoms with Crippen LogP contribution in [0.25, 0.3) is 5.69 Å². The van der Waals surface area contributed by atoms with Gasteiger partial charge in [0.15, 0.2) is 17.6 Å². The van der Waals surface area contributed by atoms with Crippen molar-refractivity contribution in [3.05, 3.63) is 90.8 Å². The zero-order valence-electron chi connectivity index (χ0n) is 19.6. The van der Waals surface area contributed by atoms with Gasteiger partial charge in [-0.05, 0) is 48.5 Å². The molecule has 1 aromatic heterocycles. The van der Waals surface area contributed by atoms with Gasteiger partial charge in [-0.1, -0.05) is 48.2 Å². The summed E-state index contributed by atoms with van der Waals surface area (Å²) < 4.78 is 12.5. The first-order chi connectivity index (χ1) is 17.6. The SMILES string of the molecule is COc1ccc(NC(=O)CSc2nnc(CNC(=O)COc3ccccc3)n2-c2ccccc2)cc1. The highest BCUT2D eigenvalue weighted by Gasteiger charge is 2.17. The van der Waals surface area contributed by atoms with Gasteiger partial charge in [0.2, 0.25) is 5.91 Å². The molecule has 0 aliphatic rings. The predicted octanol–water partition coefficient (Wildman–Crippen LogP) is 3.70. The maximum Gasteiger partial charge on any atom is 0.258 e. The summed E-state index contributed by atoms with van der Waals surface area (Å²) in [5.74, 6) is 1.53. The summed E-state index contributed by atoms with van der Waals surface area (Å²) in [6.07, 6.45) is 0. The monoisotopic (exact) mass is 503 g/mol. The summed E-state index contributed by atoms with van der Waals surface area (Å²) >= 11 is 1.25. The lowest BCUT2D eigenvalue weighted by molar-refractivity contribution is -0.123. The van der Waals surface area contributed by atoms with Crippen molar-refractivity contribution in [2.24, 2.45) is 0 Å². The molecule has 184 valence electrons. The minimum absolute atomic E-state index is 0.114. The van der Waals surface area contributed by atoms with Crippen LogP contribution in [-0.4, -0.2) is 46.0 Å². The molecule has 0 saturated heterocycles. The Morgan fingerprint density at radius 2 is 1.56 bits per heavy atom. The van der Waals surface area contributed by atoms with Crippen molar-refractivity contribution in [2.45, 2.75) is 11.7 Å². The number of nitrogens with one attached hydrogen (secondary N) is 2. The minimum atomic E-state index is -0.283. The van der Waals surface area contributed by atoms with E-state index in [1.807, 2.05) is 53.1 Å². The van der Waals surface area contributed by atoms with E-state index in [0.717, 1.165) is 5.69 Å². The van der Waals surface area contributed by atoms with Crippen LogP contribution in [0.15, 0.2) is 90.1 Å². The fourth-order valence-electron chi connectivity index (χ4n) is 3.24. The van der Waals surface area contributed by atoms with Crippen molar-refractivity contribution in [1.82, 2.24) is 20.1 Å². The summed E-state index contributed by atoms with van der Waals surface area (Å²) in [6.45, 7) is 0.0358. The van der Waals surface area contributed by atoms with Crippen LogP contribution in [0, 0.1) is 0 Å². The van der Waals surface area contributed by atoms with Crippen LogP contribution in [-0.2, 0) is 16.1 Å². The third-order valence-electron chi connectivity index (χ3n) is 4.98. The number of carbonyl (C=O) groups is 2. The van der Waals surface area contributed by atoms with E-state index in [1.165, 1.54) is 11.8 Å². The summed E-state index contributed by atoms with van der Waals surface area (Å²) in [4.78, 5) is 24.8. The van der Waals surface area contributed by atoms with Crippen LogP contribution in [0.1, 0.15) is 5.82 Å². The number of benzene rings is 3. The predicted molar refractivity (Wildman–Crippen MR) is 137 cm³/mol. The summed E-state index contributed by atoms with van der Waals surface area (Å²) in [6, 6.07) is 25.8. The van der Waals surface area contributed by atoms with Crippen molar-refractivity contribution in [3.8, 4) is 17.2 Å². The molecule has 0 aliphatic carbocycles. The van der Waals surface area contributed by atoms with E-state index in [4.69, 9.17) is 9.47 Å². The number of carbonyl (C=O) groups excluding carboxylic acids is 2. The Morgan fingerprint density at radius 1 is 0.861 bits per heavy atom. The third kappa shape index (κ3) is 6.86. The van der Waals surface area contributed by atoms with Gasteiger partial charge in [-0.15, -0.1) is 10.2 Å². The smallest absolute Gasteiger partial charge is 0.258 e. The average Bonchev–Trinajstić information content (AvgIpc) is 3.34. The van der Waals surface area contributed by atoms with Crippen LogP contribution in [0.2, 0.25) is 0 Å². The molecule has 0 atom stereocenters. The fraction of sp³-hybridized carbons (Fsp3) is 0.154. The first-order valence-corrected chi connectivity index (χ1v) is 12.1. The number of hydrogen-bond donors (Lipinski definition) is 2. The third-order valence-corrected chi connectivity index (χ3v) is 5.91. The van der Waals surface area contributed by atoms with Gasteiger partial charge in [0.05, 0.1) is 19.4 Å². The van der Waals surface area contributed by atoms with Crippen LogP contribution in [0.5, 0.6) is 11.5 Å². The molecule has 0 saturated carbocycles. The summed E-state index contributed by atoms with van der Waals surface area (Å²) in [5, 5.41) is 14.7. The Labute approximate surface area is 212 Å². The number of ether oxygens (including phenoxy) is 2. The Morgan fingerprint density at radius 3 is 2.25 bits per heavy atom. The van der Waals surface area contributed by atoms with E-state index in [2.05, 4.69) is 20.8 Å². The highest BCUT2D eigenvalue weighted by atomic mass is 32.2. The Bertz CT molecular complexity index is 1280. The second-order valence-electron chi connectivity index (χ2n) is 7.51. The minimum Gasteiger partial charge on any atom is -0.497 e. The van der Waals surface area contributed by atoms with Crippen molar-refractivity contribution in [2.75, 3.05) is 24.8 Å². The van der Waals surface area contributed by atoms with Gasteiger partial charge >= 0.3 is 0 Å². The van der Waals surface area contributed by atoms with E-state index in [1.54, 1.807) is 43.5 Å². The topological polar surface area (TPSA) is 107 Å². The number of nitrogens with zero attached hydrogens (tertiary/aromatic N) is 3. The molecular weight excluding hydrogens is 478 g/mol. The number of thioether (sulfide) groups is 1. The first kappa shape index (κ1) is 24.8. The van der Waals surface area contributed by atoms with Gasteiger partial charge < -0.3 is 20.1 Å². The summed E-state index contributed by atoms with van der Waals surface area (Å²) in [5.41, 5.74) is 1.50. The van der Waals surface area contributed by atoms with E-state index in [-0.39, 0.29) is 30.7 Å². The van der Waals surface area contributed by atoms with Gasteiger partial charge in [-0.25, -0.2) is 0 Å². The highest BCUT2D eigenvalue weighted by molar-refractivity contribution is 7.99. The van der Waals surface area contributed by atoms with Gasteiger partial charge in [0.25, 0.3) is 5.91 Å². The van der Waals surface area contributed by atoms with Gasteiger partial charge in [-0.2, -0.15) is 0 Å². The zero-order chi connectivity index (χ0) is 25.2. The normalized spacial score (nSPS) is 10.5. The number of anilines is 1. The van der Waals surface area contributed by atoms with Crippen molar-refractivity contribution in [3.63, 3.8) is 0 Å². The number of methoxy groups -OCH3 is 1. The van der Waals surface area contributed by atoms with E-state index in [0.29, 0.717) is 28.2 Å². The van der Waals surface area contributed by atoms with Crippen LogP contribution in [0.3, 0.4) is 0 Å². The molecule has 0 fully saturated rings. The van der Waals surface area contributed by atoms with Gasteiger partial charge in [-0.3, -0.25) is 14.2 Å².